The van der Waals surface area contributed by atoms with Crippen LogP contribution < -0.4 is 21.5 Å². The van der Waals surface area contributed by atoms with E-state index in [1.54, 1.807) is 13.2 Å². The van der Waals surface area contributed by atoms with Crippen LogP contribution in [0, 0.1) is 0 Å². The molecule has 0 fully saturated rings. The van der Waals surface area contributed by atoms with Crippen molar-refractivity contribution < 1.29 is 155 Å². The topological polar surface area (TPSA) is 408 Å². The number of nitrogens with zero attached hydrogens (tertiary/aromatic N) is 2. The van der Waals surface area contributed by atoms with Gasteiger partial charge in [-0.05, 0) is 81.5 Å². The quantitative estimate of drug-likeness (QED) is 0.00604. The molecule has 37 nitrogen and oxygen atoms in total. The van der Waals surface area contributed by atoms with E-state index in [2.05, 4.69) is 45.2 Å². The van der Waals surface area contributed by atoms with E-state index >= 15 is 0 Å². The Bertz CT molecular complexity index is 3250. The highest BCUT2D eigenvalue weighted by molar-refractivity contribution is 7.94. The molecular formula is C86H148ClN5O32S2. The fourth-order valence-electron chi connectivity index (χ4n) is 12.4. The van der Waals surface area contributed by atoms with Gasteiger partial charge in [-0.1, -0.05) is 43.5 Å². The third kappa shape index (κ3) is 57.1. The number of methoxy groups -OCH3 is 1. The zero-order valence-corrected chi connectivity index (χ0v) is 77.6. The number of hydrogen-bond donors (Lipinski definition) is 4. The van der Waals surface area contributed by atoms with Gasteiger partial charge in [-0.25, -0.2) is 19.5 Å². The number of carbonyl (C=O) groups excluding carboxylic acids is 2. The number of fused-ring (bicyclic) bond motifs is 2. The summed E-state index contributed by atoms with van der Waals surface area (Å²) in [6.45, 7) is 32.1. The Labute approximate surface area is 757 Å². The first-order chi connectivity index (χ1) is 61.2. The van der Waals surface area contributed by atoms with Crippen molar-refractivity contribution in [1.82, 2.24) is 10.7 Å². The van der Waals surface area contributed by atoms with E-state index in [9.17, 15) is 22.6 Å². The van der Waals surface area contributed by atoms with Gasteiger partial charge in [0.1, 0.15) is 16.7 Å². The highest BCUT2D eigenvalue weighted by atomic mass is 35.5. The third-order valence-electron chi connectivity index (χ3n) is 18.8. The van der Waals surface area contributed by atoms with Crippen LogP contribution in [0.1, 0.15) is 90.2 Å². The van der Waals surface area contributed by atoms with Gasteiger partial charge in [0.15, 0.2) is 5.71 Å². The van der Waals surface area contributed by atoms with Crippen molar-refractivity contribution in [3.05, 3.63) is 83.6 Å². The molecule has 126 heavy (non-hydrogen) atoms. The number of unbranched alkanes of at least 4 members (excludes halogenated alkanes) is 4. The van der Waals surface area contributed by atoms with Gasteiger partial charge in [0.2, 0.25) is 17.5 Å². The number of hydrogen-bond acceptors (Lipinski definition) is 35. The average molecular weight is 1860 g/mol. The van der Waals surface area contributed by atoms with Crippen LogP contribution >= 0.6 is 24.4 Å². The van der Waals surface area contributed by atoms with Crippen LogP contribution in [0.15, 0.2) is 82.3 Å². The molecule has 2 heterocycles. The van der Waals surface area contributed by atoms with E-state index in [0.29, 0.717) is 356 Å². The van der Waals surface area contributed by atoms with Crippen molar-refractivity contribution in [1.29, 1.82) is 0 Å². The molecule has 0 spiro atoms. The van der Waals surface area contributed by atoms with Gasteiger partial charge in [-0.15, -0.1) is 16.7 Å². The first-order valence-electron chi connectivity index (χ1n) is 43.6. The number of carbonyl (C=O) groups is 2. The van der Waals surface area contributed by atoms with Crippen LogP contribution in [0.4, 0.5) is 11.4 Å². The second-order valence-corrected chi connectivity index (χ2v) is 31.0. The summed E-state index contributed by atoms with van der Waals surface area (Å²) in [4.78, 5) is 27.1. The second-order valence-electron chi connectivity index (χ2n) is 28.9. The zero-order chi connectivity index (χ0) is 89.7. The van der Waals surface area contributed by atoms with Crippen LogP contribution in [0.5, 0.6) is 0 Å². The monoisotopic (exact) mass is 1860 g/mol. The fourth-order valence-corrected chi connectivity index (χ4v) is 13.3. The number of nitrogens with one attached hydrogen (secondary N) is 2. The van der Waals surface area contributed by atoms with Gasteiger partial charge in [0.25, 0.3) is 0 Å². The molecule has 0 unspecified atom stereocenters. The number of ether oxygens (including phenoxy) is 24. The Balaban J connectivity index is 0.0000410. The summed E-state index contributed by atoms with van der Waals surface area (Å²) in [7, 11) is -3.06. The summed E-state index contributed by atoms with van der Waals surface area (Å²) < 4.78 is 176. The molecule has 0 radical (unpaired) electrons. The number of nitrogens with two attached hydrogens (primary N) is 1. The van der Waals surface area contributed by atoms with E-state index in [-0.39, 0.29) is 29.1 Å². The summed E-state index contributed by atoms with van der Waals surface area (Å²) in [5.41, 5.74) is 6.79. The average Bonchev–Trinajstić information content (AvgIpc) is 1.59. The molecule has 0 aliphatic carbocycles. The molecule has 2 aromatic rings. The Morgan fingerprint density at radius 2 is 0.786 bits per heavy atom. The van der Waals surface area contributed by atoms with Gasteiger partial charge >= 0.3 is 0 Å². The van der Waals surface area contributed by atoms with E-state index in [1.807, 2.05) is 56.4 Å². The first kappa shape index (κ1) is 116. The fraction of sp³-hybridized carbons (Fsp3) is 0.756. The lowest BCUT2D eigenvalue weighted by Gasteiger charge is -2.27. The summed E-state index contributed by atoms with van der Waals surface area (Å²) in [5.74, 6) is 5.03. The number of amides is 2. The lowest BCUT2D eigenvalue weighted by atomic mass is 9.81. The number of allylic oxidation sites excluding steroid dienone is 6. The molecule has 728 valence electrons. The van der Waals surface area contributed by atoms with Gasteiger partial charge in [0.05, 0.1) is 333 Å². The molecule has 2 aliphatic heterocycles. The zero-order valence-electron chi connectivity index (χ0n) is 75.2. The number of benzene rings is 2. The van der Waals surface area contributed by atoms with E-state index < -0.39 is 20.9 Å². The maximum absolute atomic E-state index is 12.7. The van der Waals surface area contributed by atoms with Crippen molar-refractivity contribution in [2.24, 2.45) is 5.84 Å². The predicted molar refractivity (Wildman–Crippen MR) is 471 cm³/mol. The molecule has 5 N–H and O–H groups in total. The van der Waals surface area contributed by atoms with Gasteiger partial charge < -0.3 is 128 Å². The Morgan fingerprint density at radius 1 is 0.437 bits per heavy atom. The maximum Gasteiger partial charge on any atom is 0.233 e. The Kier molecular flexibility index (Phi) is 72.6. The largest absolute Gasteiger partial charge is 0.744 e. The summed E-state index contributed by atoms with van der Waals surface area (Å²) in [5, 5.41) is 15.6. The van der Waals surface area contributed by atoms with E-state index in [1.165, 1.54) is 12.1 Å². The molecule has 0 saturated carbocycles. The number of anilines is 1. The van der Waals surface area contributed by atoms with Crippen LogP contribution in [-0.4, -0.2) is 378 Å². The van der Waals surface area contributed by atoms with Crippen molar-refractivity contribution in [3.63, 3.8) is 0 Å². The number of hydrazine groups is 1. The Hall–Kier alpha value is -4.50. The minimum absolute atomic E-state index is 0. The van der Waals surface area contributed by atoms with Crippen molar-refractivity contribution in [2.75, 3.05) is 342 Å². The number of halogens is 1. The van der Waals surface area contributed by atoms with Crippen LogP contribution in [0.3, 0.4) is 0 Å². The minimum atomic E-state index is -4.70. The molecule has 0 saturated heterocycles. The molecule has 0 atom stereocenters. The van der Waals surface area contributed by atoms with Crippen molar-refractivity contribution in [2.45, 2.75) is 99.7 Å². The van der Waals surface area contributed by atoms with Crippen LogP contribution in [0.2, 0.25) is 0 Å². The molecule has 0 bridgehead atoms. The molecule has 2 aliphatic rings. The summed E-state index contributed by atoms with van der Waals surface area (Å²) in [6, 6.07) is 10.5. The molecule has 2 aromatic carbocycles. The SMILES string of the molecule is COCCOCCOCCOCCOCCOCCOCCOCCOCCOCCOCCOCCOCCOCCOCCOCCOCCOCCOCCOCCOCCOCCOCCOCCNC(=O)CCCCCN1C(=CC=CC=CC2=[N+](CCCCCC(=O)NN)c3ccc(SOOO)cc3C2(C)C)C(C)(C)c2cc(S(=O)(=O)[O-])ccc21.Cl. The van der Waals surface area contributed by atoms with Gasteiger partial charge in [0, 0.05) is 78.9 Å². The smallest absolute Gasteiger partial charge is 0.233 e. The van der Waals surface area contributed by atoms with Crippen molar-refractivity contribution >= 4 is 63.5 Å². The Morgan fingerprint density at radius 3 is 1.13 bits per heavy atom. The second kappa shape index (κ2) is 79.1. The molecule has 40 heteroatoms. The summed E-state index contributed by atoms with van der Waals surface area (Å²) >= 11 is 0.902. The van der Waals surface area contributed by atoms with Gasteiger partial charge in [-0.2, -0.15) is 4.58 Å². The summed E-state index contributed by atoms with van der Waals surface area (Å²) in [6.07, 6.45) is 15.3. The van der Waals surface area contributed by atoms with Crippen LogP contribution in [0.25, 0.3) is 0 Å². The van der Waals surface area contributed by atoms with Gasteiger partial charge in [-0.3, -0.25) is 15.0 Å². The number of rotatable bonds is 91. The highest BCUT2D eigenvalue weighted by Crippen LogP contribution is 2.49. The third-order valence-corrected chi connectivity index (χ3v) is 20.2. The predicted octanol–water partition coefficient (Wildman–Crippen LogP) is 6.87. The van der Waals surface area contributed by atoms with E-state index in [0.717, 1.165) is 76.5 Å². The van der Waals surface area contributed by atoms with Crippen LogP contribution in [-0.2, 0) is 154 Å². The first-order valence-corrected chi connectivity index (χ1v) is 45.7. The maximum atomic E-state index is 12.7. The van der Waals surface area contributed by atoms with Crippen molar-refractivity contribution in [3.8, 4) is 0 Å². The standard InChI is InChI=1S/C86H147N5O32S2.ClH/c1-85(2)77-73-75(124-123-122-94)19-21-79(77)90(24-14-8-12-18-84(93)89-87)81(85)15-9-6-10-16-82-86(3,4)78-74-76(125(95,96)97)20-22-80(78)91(82)25-13-7-11-17-83(92)88-23-26-99-29-30-101-33-34-103-37-38-105-41-42-107-45-46-109-49-50-111-53-54-113-57-58-115-61-62-117-65-66-119-69-70-121-72-71-120-68-67-118-64-63-116-60-59-114-56-55-112-52-51-110-48-47-108-44-43-106-40-39-104-36-35-102-32-31-100-28-27-98-5;/h6,9-10,15-16,19-22,73-74H,7-8,11-14,17-18,23-72,87H2,1-5H3,(H3-,88,89,92,93,94,95,96,97);1H. The normalized spacial score (nSPS) is 14.0. The molecule has 2 amide bonds. The minimum Gasteiger partial charge on any atom is -0.744 e. The highest BCUT2D eigenvalue weighted by Gasteiger charge is 2.45. The van der Waals surface area contributed by atoms with E-state index in [4.69, 9.17) is 129 Å². The molecule has 4 rings (SSSR count). The lowest BCUT2D eigenvalue weighted by Crippen LogP contribution is -2.29. The molecular weight excluding hydrogens is 1710 g/mol. The molecule has 0 aromatic heterocycles. The lowest BCUT2D eigenvalue weighted by molar-refractivity contribution is -0.438.